The van der Waals surface area contributed by atoms with Crippen LogP contribution in [0.25, 0.3) is 0 Å². The van der Waals surface area contributed by atoms with Crippen LogP contribution in [-0.2, 0) is 4.74 Å². The van der Waals surface area contributed by atoms with Gasteiger partial charge in [-0.1, -0.05) is 0 Å². The Bertz CT molecular complexity index is 118. The molecule has 0 aliphatic carbocycles. The highest BCUT2D eigenvalue weighted by molar-refractivity contribution is 4.85. The van der Waals surface area contributed by atoms with Crippen LogP contribution in [0.3, 0.4) is 0 Å². The summed E-state index contributed by atoms with van der Waals surface area (Å²) >= 11 is 0. The van der Waals surface area contributed by atoms with Gasteiger partial charge in [0.25, 0.3) is 0 Å². The van der Waals surface area contributed by atoms with Gasteiger partial charge in [0.1, 0.15) is 0 Å². The lowest BCUT2D eigenvalue weighted by Crippen LogP contribution is -2.55. The van der Waals surface area contributed by atoms with Gasteiger partial charge in [-0.05, 0) is 14.0 Å². The van der Waals surface area contributed by atoms with Gasteiger partial charge in [0.05, 0.1) is 25.4 Å². The Morgan fingerprint density at radius 2 is 2.40 bits per heavy atom. The topological polar surface area (TPSA) is 32.7 Å². The fourth-order valence-electron chi connectivity index (χ4n) is 1.04. The van der Waals surface area contributed by atoms with Crippen LogP contribution in [0.5, 0.6) is 0 Å². The van der Waals surface area contributed by atoms with Crippen LogP contribution in [0.4, 0.5) is 0 Å². The number of nitrogens with zero attached hydrogens (tertiary/aromatic N) is 1. The van der Waals surface area contributed by atoms with Gasteiger partial charge >= 0.3 is 0 Å². The predicted octanol–water partition coefficient (Wildman–Crippen LogP) is -0.301. The van der Waals surface area contributed by atoms with Gasteiger partial charge in [-0.15, -0.1) is 0 Å². The predicted molar refractivity (Wildman–Crippen MR) is 38.9 cm³/mol. The Labute approximate surface area is 61.6 Å². The Morgan fingerprint density at radius 3 is 2.80 bits per heavy atom. The Hall–Kier alpha value is -0.120. The minimum absolute atomic E-state index is 0.155. The largest absolute Gasteiger partial charge is 0.394 e. The van der Waals surface area contributed by atoms with E-state index in [0.29, 0.717) is 6.61 Å². The van der Waals surface area contributed by atoms with Crippen molar-refractivity contribution >= 4 is 0 Å². The van der Waals surface area contributed by atoms with Crippen LogP contribution >= 0.6 is 0 Å². The monoisotopic (exact) mass is 145 g/mol. The summed E-state index contributed by atoms with van der Waals surface area (Å²) in [5.41, 5.74) is -0.155. The van der Waals surface area contributed by atoms with Gasteiger partial charge in [-0.25, -0.2) is 0 Å². The summed E-state index contributed by atoms with van der Waals surface area (Å²) in [6.07, 6.45) is 0. The van der Waals surface area contributed by atoms with Crippen molar-refractivity contribution < 1.29 is 9.84 Å². The van der Waals surface area contributed by atoms with Gasteiger partial charge in [-0.3, -0.25) is 4.90 Å². The van der Waals surface area contributed by atoms with Crippen molar-refractivity contribution in [3.05, 3.63) is 0 Å². The normalized spacial score (nSPS) is 36.3. The van der Waals surface area contributed by atoms with Crippen LogP contribution in [-0.4, -0.2) is 49.0 Å². The number of hydrogen-bond acceptors (Lipinski definition) is 3. The van der Waals surface area contributed by atoms with Crippen LogP contribution in [0.2, 0.25) is 0 Å². The minimum Gasteiger partial charge on any atom is -0.394 e. The van der Waals surface area contributed by atoms with E-state index in [9.17, 15) is 0 Å². The first-order valence-corrected chi connectivity index (χ1v) is 3.59. The zero-order valence-corrected chi connectivity index (χ0v) is 6.63. The van der Waals surface area contributed by atoms with Crippen molar-refractivity contribution in [2.45, 2.75) is 12.5 Å². The molecule has 1 saturated heterocycles. The molecule has 1 aliphatic heterocycles. The van der Waals surface area contributed by atoms with E-state index in [4.69, 9.17) is 9.84 Å². The molecule has 1 rings (SSSR count). The van der Waals surface area contributed by atoms with E-state index in [1.54, 1.807) is 0 Å². The number of rotatable bonds is 1. The molecule has 0 aromatic carbocycles. The summed E-state index contributed by atoms with van der Waals surface area (Å²) in [4.78, 5) is 2.14. The molecule has 1 aliphatic rings. The average molecular weight is 145 g/mol. The van der Waals surface area contributed by atoms with E-state index in [1.165, 1.54) is 0 Å². The van der Waals surface area contributed by atoms with E-state index in [-0.39, 0.29) is 12.1 Å². The summed E-state index contributed by atoms with van der Waals surface area (Å²) in [5, 5.41) is 9.00. The number of aliphatic hydroxyl groups is 1. The smallest absolute Gasteiger partial charge is 0.0670 e. The second-order valence-corrected chi connectivity index (χ2v) is 3.13. The molecule has 0 saturated carbocycles. The van der Waals surface area contributed by atoms with Crippen LogP contribution in [0.15, 0.2) is 0 Å². The molecule has 60 valence electrons. The minimum atomic E-state index is -0.155. The second-order valence-electron chi connectivity index (χ2n) is 3.13. The number of morpholine rings is 1. The first-order chi connectivity index (χ1) is 4.69. The van der Waals surface area contributed by atoms with E-state index in [0.717, 1.165) is 13.2 Å². The van der Waals surface area contributed by atoms with Gasteiger partial charge in [0.2, 0.25) is 0 Å². The average Bonchev–Trinajstić information content (AvgIpc) is 1.96. The van der Waals surface area contributed by atoms with Crippen molar-refractivity contribution in [2.24, 2.45) is 0 Å². The third-order valence-corrected chi connectivity index (χ3v) is 2.25. The number of likely N-dealkylation sites (N-methyl/N-ethyl adjacent to an activating group) is 1. The van der Waals surface area contributed by atoms with Crippen molar-refractivity contribution in [1.82, 2.24) is 4.90 Å². The maximum Gasteiger partial charge on any atom is 0.0670 e. The molecule has 0 amide bonds. The zero-order valence-electron chi connectivity index (χ0n) is 6.63. The summed E-state index contributed by atoms with van der Waals surface area (Å²) in [6, 6.07) is 0. The van der Waals surface area contributed by atoms with E-state index >= 15 is 0 Å². The number of ether oxygens (including phenoxy) is 1. The SMILES string of the molecule is CN1CCOCC1(C)CO. The Kier molecular flexibility index (Phi) is 2.28. The third kappa shape index (κ3) is 1.31. The van der Waals surface area contributed by atoms with E-state index in [1.807, 2.05) is 14.0 Å². The molecule has 1 heterocycles. The molecule has 0 aromatic heterocycles. The molecule has 1 unspecified atom stereocenters. The molecule has 10 heavy (non-hydrogen) atoms. The lowest BCUT2D eigenvalue weighted by atomic mass is 10.0. The summed E-state index contributed by atoms with van der Waals surface area (Å²) in [6.45, 7) is 4.51. The molecular formula is C7H15NO2. The first kappa shape index (κ1) is 7.98. The van der Waals surface area contributed by atoms with E-state index in [2.05, 4.69) is 4.90 Å². The Morgan fingerprint density at radius 1 is 1.70 bits per heavy atom. The molecule has 1 N–H and O–H groups in total. The lowest BCUT2D eigenvalue weighted by Gasteiger charge is -2.40. The summed E-state index contributed by atoms with van der Waals surface area (Å²) < 4.78 is 5.24. The van der Waals surface area contributed by atoms with Crippen molar-refractivity contribution in [3.63, 3.8) is 0 Å². The quantitative estimate of drug-likeness (QED) is 0.550. The molecule has 3 heteroatoms. The molecular weight excluding hydrogens is 130 g/mol. The molecule has 1 fully saturated rings. The van der Waals surface area contributed by atoms with Gasteiger partial charge < -0.3 is 9.84 Å². The molecule has 0 radical (unpaired) electrons. The lowest BCUT2D eigenvalue weighted by molar-refractivity contribution is -0.0698. The fourth-order valence-corrected chi connectivity index (χ4v) is 1.04. The maximum atomic E-state index is 9.00. The number of hydrogen-bond donors (Lipinski definition) is 1. The van der Waals surface area contributed by atoms with Crippen LogP contribution in [0, 0.1) is 0 Å². The highest BCUT2D eigenvalue weighted by atomic mass is 16.5. The van der Waals surface area contributed by atoms with Gasteiger partial charge in [0, 0.05) is 6.54 Å². The molecule has 3 nitrogen and oxygen atoms in total. The van der Waals surface area contributed by atoms with Crippen LogP contribution in [0.1, 0.15) is 6.92 Å². The first-order valence-electron chi connectivity index (χ1n) is 3.59. The molecule has 1 atom stereocenters. The van der Waals surface area contributed by atoms with Crippen molar-refractivity contribution in [3.8, 4) is 0 Å². The third-order valence-electron chi connectivity index (χ3n) is 2.25. The molecule has 0 spiro atoms. The zero-order chi connectivity index (χ0) is 7.61. The summed E-state index contributed by atoms with van der Waals surface area (Å²) in [7, 11) is 2.01. The van der Waals surface area contributed by atoms with E-state index < -0.39 is 0 Å². The molecule has 0 aromatic rings. The number of aliphatic hydroxyl groups excluding tert-OH is 1. The fraction of sp³-hybridized carbons (Fsp3) is 1.00. The van der Waals surface area contributed by atoms with Crippen molar-refractivity contribution in [2.75, 3.05) is 33.4 Å². The summed E-state index contributed by atoms with van der Waals surface area (Å²) in [5.74, 6) is 0. The van der Waals surface area contributed by atoms with Crippen molar-refractivity contribution in [1.29, 1.82) is 0 Å². The highest BCUT2D eigenvalue weighted by Gasteiger charge is 2.31. The standard InChI is InChI=1S/C7H15NO2/c1-7(5-9)6-10-4-3-8(7)2/h9H,3-6H2,1-2H3. The highest BCUT2D eigenvalue weighted by Crippen LogP contribution is 2.16. The molecule has 0 bridgehead atoms. The second kappa shape index (κ2) is 2.86. The maximum absolute atomic E-state index is 9.00. The van der Waals surface area contributed by atoms with Crippen LogP contribution < -0.4 is 0 Å². The van der Waals surface area contributed by atoms with Gasteiger partial charge in [-0.2, -0.15) is 0 Å². The Balaban J connectivity index is 2.54. The van der Waals surface area contributed by atoms with Gasteiger partial charge in [0.15, 0.2) is 0 Å².